The van der Waals surface area contributed by atoms with Gasteiger partial charge < -0.3 is 9.94 Å². The molecule has 0 atom stereocenters. The molecule has 0 aliphatic carbocycles. The quantitative estimate of drug-likeness (QED) is 0.456. The van der Waals surface area contributed by atoms with E-state index in [1.54, 1.807) is 12.1 Å². The van der Waals surface area contributed by atoms with Crippen molar-refractivity contribution in [2.75, 3.05) is 6.61 Å². The molecule has 4 nitrogen and oxygen atoms in total. The minimum absolute atomic E-state index is 0. The predicted octanol–water partition coefficient (Wildman–Crippen LogP) is 2.82. The van der Waals surface area contributed by atoms with Crippen LogP contribution in [0.4, 0.5) is 0 Å². The van der Waals surface area contributed by atoms with Crippen molar-refractivity contribution in [3.8, 4) is 5.88 Å². The molecule has 0 unspecified atom stereocenters. The maximum absolute atomic E-state index is 11.1. The Morgan fingerprint density at radius 1 is 1.17 bits per heavy atom. The van der Waals surface area contributed by atoms with Gasteiger partial charge in [0.2, 0.25) is 5.88 Å². The number of rotatable bonds is 8. The third-order valence-electron chi connectivity index (χ3n) is 2.64. The van der Waals surface area contributed by atoms with Crippen molar-refractivity contribution in [1.29, 1.82) is 0 Å². The summed E-state index contributed by atoms with van der Waals surface area (Å²) in [6.07, 6.45) is 7.10. The molecule has 0 fully saturated rings. The zero-order valence-corrected chi connectivity index (χ0v) is 11.6. The molecular weight excluding hydrogens is 282 g/mol. The van der Waals surface area contributed by atoms with Gasteiger partial charge in [0, 0.05) is 12.1 Å². The van der Waals surface area contributed by atoms with Crippen LogP contribution in [-0.2, 0) is 17.1 Å². The third-order valence-corrected chi connectivity index (χ3v) is 2.64. The molecule has 1 radical (unpaired) electrons. The Balaban J connectivity index is 0.00000289. The molecule has 105 valence electrons. The molecule has 0 saturated carbocycles. The molecule has 1 N–H and O–H groups in total. The van der Waals surface area contributed by atoms with Crippen molar-refractivity contribution in [2.45, 2.75) is 45.4 Å². The topological polar surface area (TPSA) is 51.5 Å². The number of hydrogen-bond acceptors (Lipinski definition) is 3. The summed E-state index contributed by atoms with van der Waals surface area (Å²) in [5.41, 5.74) is -0.467. The van der Waals surface area contributed by atoms with E-state index in [2.05, 4.69) is 6.92 Å². The molecule has 0 spiro atoms. The van der Waals surface area contributed by atoms with Gasteiger partial charge in [0.05, 0.1) is 6.61 Å². The Kier molecular flexibility index (Phi) is 9.52. The maximum Gasteiger partial charge on any atom is 2.00 e. The zero-order valence-electron chi connectivity index (χ0n) is 10.7. The molecule has 0 aliphatic heterocycles. The van der Waals surface area contributed by atoms with Crippen LogP contribution in [0.25, 0.3) is 0 Å². The van der Waals surface area contributed by atoms with E-state index in [1.807, 2.05) is 0 Å². The van der Waals surface area contributed by atoms with E-state index in [0.717, 1.165) is 12.8 Å². The Bertz CT molecular complexity index is 379. The number of hydrogen-bond donors (Lipinski definition) is 1. The van der Waals surface area contributed by atoms with Gasteiger partial charge in [-0.1, -0.05) is 45.1 Å². The Morgan fingerprint density at radius 3 is 2.56 bits per heavy atom. The summed E-state index contributed by atoms with van der Waals surface area (Å²) in [5, 5.41) is 9.35. The average Bonchev–Trinajstić information content (AvgIpc) is 2.33. The molecule has 5 heteroatoms. The summed E-state index contributed by atoms with van der Waals surface area (Å²) >= 11 is 0. The van der Waals surface area contributed by atoms with Gasteiger partial charge in [0.15, 0.2) is 0 Å². The smallest absolute Gasteiger partial charge is 0.477 e. The predicted molar refractivity (Wildman–Crippen MR) is 66.8 cm³/mol. The van der Waals surface area contributed by atoms with E-state index in [1.165, 1.54) is 31.7 Å². The van der Waals surface area contributed by atoms with E-state index in [4.69, 9.17) is 4.74 Å². The largest absolute Gasteiger partial charge is 2.00 e. The number of unbranched alkanes of at least 4 members (excludes halogenated alkanes) is 5. The fraction of sp³-hybridized carbons (Fsp3) is 0.615. The molecular formula is C13H21CuNO3+2. The van der Waals surface area contributed by atoms with Crippen LogP contribution in [-0.4, -0.2) is 16.5 Å². The number of pyridine rings is 1. The maximum atomic E-state index is 11.1. The molecule has 0 bridgehead atoms. The molecule has 0 saturated heterocycles. The van der Waals surface area contributed by atoms with Crippen molar-refractivity contribution in [3.05, 3.63) is 28.6 Å². The molecule has 18 heavy (non-hydrogen) atoms. The molecule has 0 aromatic carbocycles. The van der Waals surface area contributed by atoms with Gasteiger partial charge in [-0.15, -0.1) is 4.73 Å². The van der Waals surface area contributed by atoms with Crippen molar-refractivity contribution >= 4 is 0 Å². The van der Waals surface area contributed by atoms with Crippen molar-refractivity contribution in [1.82, 2.24) is 4.73 Å². The molecule has 1 aromatic rings. The van der Waals surface area contributed by atoms with Crippen LogP contribution in [0, 0.1) is 0 Å². The normalized spacial score (nSPS) is 9.83. The van der Waals surface area contributed by atoms with Crippen LogP contribution in [0.2, 0.25) is 0 Å². The summed E-state index contributed by atoms with van der Waals surface area (Å²) in [6, 6.07) is 4.45. The average molecular weight is 303 g/mol. The van der Waals surface area contributed by atoms with Crippen molar-refractivity contribution < 1.29 is 27.0 Å². The molecule has 1 aromatic heterocycles. The minimum Gasteiger partial charge on any atom is -0.477 e. The minimum atomic E-state index is -0.467. The van der Waals surface area contributed by atoms with Gasteiger partial charge in [-0.3, -0.25) is 4.79 Å². The van der Waals surface area contributed by atoms with Crippen molar-refractivity contribution in [2.24, 2.45) is 0 Å². The van der Waals surface area contributed by atoms with Crippen LogP contribution in [0.5, 0.6) is 5.88 Å². The van der Waals surface area contributed by atoms with Gasteiger partial charge in [0.1, 0.15) is 0 Å². The second kappa shape index (κ2) is 10.0. The first-order valence-electron chi connectivity index (χ1n) is 6.30. The molecule has 1 heterocycles. The fourth-order valence-electron chi connectivity index (χ4n) is 1.63. The second-order valence-corrected chi connectivity index (χ2v) is 4.13. The number of ether oxygens (including phenoxy) is 1. The van der Waals surface area contributed by atoms with E-state index in [9.17, 15) is 10.0 Å². The van der Waals surface area contributed by atoms with Crippen molar-refractivity contribution in [3.63, 3.8) is 0 Å². The van der Waals surface area contributed by atoms with E-state index >= 15 is 0 Å². The van der Waals surface area contributed by atoms with E-state index < -0.39 is 5.56 Å². The Morgan fingerprint density at radius 2 is 1.83 bits per heavy atom. The summed E-state index contributed by atoms with van der Waals surface area (Å²) in [5.74, 6) is 0.214. The standard InChI is InChI=1S/C13H21NO3.Cu/c1-2-3-4-5-6-7-11-17-13-10-8-9-12(15)14(13)16;/h8-10,16H,2-7,11H2,1H3;/q;+2. The molecule has 0 amide bonds. The van der Waals surface area contributed by atoms with E-state index in [0.29, 0.717) is 11.3 Å². The van der Waals surface area contributed by atoms with Crippen LogP contribution in [0.15, 0.2) is 23.0 Å². The molecule has 0 aliphatic rings. The third kappa shape index (κ3) is 6.12. The number of nitrogens with zero attached hydrogens (tertiary/aromatic N) is 1. The van der Waals surface area contributed by atoms with Crippen LogP contribution >= 0.6 is 0 Å². The zero-order chi connectivity index (χ0) is 12.5. The van der Waals surface area contributed by atoms with Crippen LogP contribution in [0.1, 0.15) is 45.4 Å². The SMILES string of the molecule is CCCCCCCCOc1cccc(=O)n1O.[Cu+2]. The monoisotopic (exact) mass is 302 g/mol. The molecule has 1 rings (SSSR count). The van der Waals surface area contributed by atoms with E-state index in [-0.39, 0.29) is 22.9 Å². The summed E-state index contributed by atoms with van der Waals surface area (Å²) in [4.78, 5) is 11.1. The van der Waals surface area contributed by atoms with Gasteiger partial charge in [0.25, 0.3) is 5.56 Å². The first-order valence-corrected chi connectivity index (χ1v) is 6.30. The Hall–Kier alpha value is -0.931. The van der Waals surface area contributed by atoms with Gasteiger partial charge in [-0.2, -0.15) is 0 Å². The van der Waals surface area contributed by atoms with Gasteiger partial charge in [-0.25, -0.2) is 0 Å². The Labute approximate surface area is 118 Å². The summed E-state index contributed by atoms with van der Waals surface area (Å²) in [6.45, 7) is 2.73. The van der Waals surface area contributed by atoms with Crippen LogP contribution in [0.3, 0.4) is 0 Å². The summed E-state index contributed by atoms with van der Waals surface area (Å²) < 4.78 is 5.88. The van der Waals surface area contributed by atoms with Crippen LogP contribution < -0.4 is 10.3 Å². The second-order valence-electron chi connectivity index (χ2n) is 4.13. The number of aromatic nitrogens is 1. The summed E-state index contributed by atoms with van der Waals surface area (Å²) in [7, 11) is 0. The van der Waals surface area contributed by atoms with Gasteiger partial charge in [-0.05, 0) is 6.42 Å². The van der Waals surface area contributed by atoms with Gasteiger partial charge >= 0.3 is 17.1 Å². The fourth-order valence-corrected chi connectivity index (χ4v) is 1.63. The first-order chi connectivity index (χ1) is 8.25. The first kappa shape index (κ1) is 17.1.